The molecular weight excluding hydrogens is 192 g/mol. The largest absolute Gasteiger partial charge is 0.475 e. The molecule has 68 valence electrons. The summed E-state index contributed by atoms with van der Waals surface area (Å²) >= 11 is 5.65. The van der Waals surface area contributed by atoms with Crippen LogP contribution in [-0.2, 0) is 4.79 Å². The summed E-state index contributed by atoms with van der Waals surface area (Å²) in [6.07, 6.45) is 0. The molecule has 0 bridgehead atoms. The van der Waals surface area contributed by atoms with Gasteiger partial charge in [-0.2, -0.15) is 0 Å². The fourth-order valence-corrected chi connectivity index (χ4v) is 1.28. The van der Waals surface area contributed by atoms with Crippen molar-refractivity contribution in [2.75, 3.05) is 0 Å². The first-order chi connectivity index (χ1) is 6.00. The lowest BCUT2D eigenvalue weighted by Gasteiger charge is -1.99. The lowest BCUT2D eigenvalue weighted by molar-refractivity contribution is -0.131. The average Bonchev–Trinajstić information content (AvgIpc) is 2.01. The second-order valence-electron chi connectivity index (χ2n) is 2.65. The lowest BCUT2D eigenvalue weighted by atomic mass is 10.1. The molecule has 0 saturated carbocycles. The van der Waals surface area contributed by atoms with Gasteiger partial charge in [0.25, 0.3) is 5.78 Å². The molecular formula is C9H7ClO3. The Kier molecular flexibility index (Phi) is 2.68. The summed E-state index contributed by atoms with van der Waals surface area (Å²) in [7, 11) is 0. The van der Waals surface area contributed by atoms with E-state index in [1.54, 1.807) is 13.0 Å². The van der Waals surface area contributed by atoms with Gasteiger partial charge in [-0.1, -0.05) is 11.6 Å². The first-order valence-electron chi connectivity index (χ1n) is 3.55. The zero-order chi connectivity index (χ0) is 10.0. The number of aliphatic carboxylic acids is 1. The van der Waals surface area contributed by atoms with E-state index in [2.05, 4.69) is 0 Å². The summed E-state index contributed by atoms with van der Waals surface area (Å²) in [5, 5.41) is 8.79. The summed E-state index contributed by atoms with van der Waals surface area (Å²) in [4.78, 5) is 21.3. The maximum absolute atomic E-state index is 11.0. The van der Waals surface area contributed by atoms with Crippen LogP contribution in [-0.4, -0.2) is 16.9 Å². The number of hydrogen-bond acceptors (Lipinski definition) is 2. The van der Waals surface area contributed by atoms with Crippen LogP contribution in [0.25, 0.3) is 0 Å². The highest BCUT2D eigenvalue weighted by molar-refractivity contribution is 6.40. The highest BCUT2D eigenvalue weighted by Crippen LogP contribution is 2.14. The third kappa shape index (κ3) is 2.29. The van der Waals surface area contributed by atoms with Crippen molar-refractivity contribution < 1.29 is 14.7 Å². The van der Waals surface area contributed by atoms with Crippen molar-refractivity contribution in [3.05, 3.63) is 34.3 Å². The smallest absolute Gasteiger partial charge is 0.377 e. The third-order valence-electron chi connectivity index (χ3n) is 1.50. The molecule has 1 aromatic rings. The highest BCUT2D eigenvalue weighted by atomic mass is 35.5. The summed E-state index contributed by atoms with van der Waals surface area (Å²) in [6.45, 7) is 1.74. The number of ketones is 1. The van der Waals surface area contributed by atoms with E-state index in [1.807, 2.05) is 0 Å². The third-order valence-corrected chi connectivity index (χ3v) is 1.72. The van der Waals surface area contributed by atoms with Gasteiger partial charge in [0.15, 0.2) is 0 Å². The molecule has 0 aliphatic rings. The Morgan fingerprint density at radius 3 is 2.38 bits per heavy atom. The summed E-state index contributed by atoms with van der Waals surface area (Å²) in [6, 6.07) is 4.48. The van der Waals surface area contributed by atoms with Crippen molar-refractivity contribution >= 4 is 23.4 Å². The van der Waals surface area contributed by atoms with Crippen LogP contribution in [0, 0.1) is 6.92 Å². The van der Waals surface area contributed by atoms with Crippen LogP contribution in [0.4, 0.5) is 0 Å². The number of halogens is 1. The lowest BCUT2D eigenvalue weighted by Crippen LogP contribution is -2.12. The molecule has 0 atom stereocenters. The van der Waals surface area contributed by atoms with Crippen LogP contribution < -0.4 is 0 Å². The number of hydrogen-bond donors (Lipinski definition) is 1. The van der Waals surface area contributed by atoms with Gasteiger partial charge in [0.2, 0.25) is 0 Å². The topological polar surface area (TPSA) is 54.4 Å². The molecule has 0 spiro atoms. The van der Waals surface area contributed by atoms with E-state index in [1.165, 1.54) is 12.1 Å². The number of benzene rings is 1. The van der Waals surface area contributed by atoms with Crippen LogP contribution in [0.5, 0.6) is 0 Å². The Morgan fingerprint density at radius 1 is 1.31 bits per heavy atom. The molecule has 0 saturated heterocycles. The van der Waals surface area contributed by atoms with E-state index in [4.69, 9.17) is 16.7 Å². The normalized spacial score (nSPS) is 9.69. The SMILES string of the molecule is Cc1cc(Cl)cc(C(=O)C(=O)O)c1. The van der Waals surface area contributed by atoms with Crippen molar-refractivity contribution in [2.45, 2.75) is 6.92 Å². The molecule has 3 nitrogen and oxygen atoms in total. The van der Waals surface area contributed by atoms with Gasteiger partial charge < -0.3 is 5.11 Å². The van der Waals surface area contributed by atoms with Gasteiger partial charge in [0.05, 0.1) is 0 Å². The number of carbonyl (C=O) groups excluding carboxylic acids is 1. The molecule has 4 heteroatoms. The average molecular weight is 199 g/mol. The molecule has 13 heavy (non-hydrogen) atoms. The van der Waals surface area contributed by atoms with Crippen LogP contribution in [0.3, 0.4) is 0 Å². The molecule has 0 radical (unpaired) electrons. The summed E-state index contributed by atoms with van der Waals surface area (Å²) < 4.78 is 0. The van der Waals surface area contributed by atoms with Crippen molar-refractivity contribution in [1.29, 1.82) is 0 Å². The van der Waals surface area contributed by atoms with Gasteiger partial charge in [0.1, 0.15) is 0 Å². The first-order valence-corrected chi connectivity index (χ1v) is 3.93. The first kappa shape index (κ1) is 9.74. The van der Waals surface area contributed by atoms with Crippen LogP contribution >= 0.6 is 11.6 Å². The molecule has 0 fully saturated rings. The monoisotopic (exact) mass is 198 g/mol. The fourth-order valence-electron chi connectivity index (χ4n) is 0.991. The number of rotatable bonds is 2. The summed E-state index contributed by atoms with van der Waals surface area (Å²) in [5.41, 5.74) is 0.870. The zero-order valence-electron chi connectivity index (χ0n) is 6.87. The predicted octanol–water partition coefficient (Wildman–Crippen LogP) is 1.92. The van der Waals surface area contributed by atoms with E-state index < -0.39 is 11.8 Å². The minimum absolute atomic E-state index is 0.109. The molecule has 0 aliphatic heterocycles. The molecule has 1 aromatic carbocycles. The van der Waals surface area contributed by atoms with Crippen molar-refractivity contribution in [1.82, 2.24) is 0 Å². The van der Waals surface area contributed by atoms with Crippen LogP contribution in [0.2, 0.25) is 5.02 Å². The molecule has 0 heterocycles. The van der Waals surface area contributed by atoms with E-state index in [9.17, 15) is 9.59 Å². The maximum Gasteiger partial charge on any atom is 0.377 e. The van der Waals surface area contributed by atoms with Gasteiger partial charge in [-0.3, -0.25) is 4.79 Å². The highest BCUT2D eigenvalue weighted by Gasteiger charge is 2.14. The van der Waals surface area contributed by atoms with Crippen LogP contribution in [0.15, 0.2) is 18.2 Å². The Hall–Kier alpha value is -1.35. The fraction of sp³-hybridized carbons (Fsp3) is 0.111. The van der Waals surface area contributed by atoms with Gasteiger partial charge in [0, 0.05) is 10.6 Å². The molecule has 1 rings (SSSR count). The van der Waals surface area contributed by atoms with Crippen molar-refractivity contribution in [3.8, 4) is 0 Å². The van der Waals surface area contributed by atoms with E-state index >= 15 is 0 Å². The second-order valence-corrected chi connectivity index (χ2v) is 3.09. The number of carbonyl (C=O) groups is 2. The molecule has 0 aromatic heterocycles. The number of Topliss-reactive ketones (excluding diaryl/α,β-unsaturated/α-hetero) is 1. The molecule has 0 amide bonds. The minimum atomic E-state index is -1.47. The Balaban J connectivity index is 3.15. The standard InChI is InChI=1S/C9H7ClO3/c1-5-2-6(4-7(10)3-5)8(11)9(12)13/h2-4H,1H3,(H,12,13). The quantitative estimate of drug-likeness (QED) is 0.584. The van der Waals surface area contributed by atoms with E-state index in [0.29, 0.717) is 5.02 Å². The Labute approximate surface area is 79.9 Å². The van der Waals surface area contributed by atoms with Crippen molar-refractivity contribution in [2.24, 2.45) is 0 Å². The van der Waals surface area contributed by atoms with Gasteiger partial charge in [-0.05, 0) is 30.7 Å². The number of carboxylic acids is 1. The summed E-state index contributed by atoms with van der Waals surface area (Å²) in [5.74, 6) is -2.41. The van der Waals surface area contributed by atoms with Gasteiger partial charge in [-0.15, -0.1) is 0 Å². The Bertz CT molecular complexity index is 351. The Morgan fingerprint density at radius 2 is 1.92 bits per heavy atom. The molecule has 0 unspecified atom stereocenters. The zero-order valence-corrected chi connectivity index (χ0v) is 7.63. The maximum atomic E-state index is 11.0. The number of aryl methyl sites for hydroxylation is 1. The van der Waals surface area contributed by atoms with Crippen LogP contribution in [0.1, 0.15) is 15.9 Å². The van der Waals surface area contributed by atoms with E-state index in [-0.39, 0.29) is 5.56 Å². The predicted molar refractivity (Wildman–Crippen MR) is 48.2 cm³/mol. The van der Waals surface area contributed by atoms with Gasteiger partial charge in [-0.25, -0.2) is 4.79 Å². The second kappa shape index (κ2) is 3.58. The minimum Gasteiger partial charge on any atom is -0.475 e. The van der Waals surface area contributed by atoms with E-state index in [0.717, 1.165) is 5.56 Å². The van der Waals surface area contributed by atoms with Crippen molar-refractivity contribution in [3.63, 3.8) is 0 Å². The van der Waals surface area contributed by atoms with Gasteiger partial charge >= 0.3 is 5.97 Å². The number of carboxylic acid groups (broad SMARTS) is 1. The molecule has 1 N–H and O–H groups in total. The molecule has 0 aliphatic carbocycles.